The van der Waals surface area contributed by atoms with Gasteiger partial charge in [0.05, 0.1) is 23.8 Å². The summed E-state index contributed by atoms with van der Waals surface area (Å²) in [5.74, 6) is 1.77. The van der Waals surface area contributed by atoms with Crippen LogP contribution in [0.2, 0.25) is 0 Å². The molecule has 244 valence electrons. The van der Waals surface area contributed by atoms with Crippen molar-refractivity contribution in [2.45, 2.75) is 129 Å². The Morgan fingerprint density at radius 3 is 1.36 bits per heavy atom. The van der Waals surface area contributed by atoms with Crippen LogP contribution in [0.25, 0.3) is 0 Å². The number of nitrogens with one attached hydrogen (secondary N) is 2. The van der Waals surface area contributed by atoms with Crippen LogP contribution in [0.1, 0.15) is 117 Å². The Labute approximate surface area is 263 Å². The van der Waals surface area contributed by atoms with Gasteiger partial charge in [0.15, 0.2) is 0 Å². The summed E-state index contributed by atoms with van der Waals surface area (Å²) in [6.45, 7) is 15.7. The number of aromatic nitrogens is 2. The number of rotatable bonds is 4. The molecular formula is C34H54N6O4. The second-order valence-electron chi connectivity index (χ2n) is 14.7. The lowest BCUT2D eigenvalue weighted by atomic mass is 9.76. The Morgan fingerprint density at radius 2 is 1.05 bits per heavy atom. The summed E-state index contributed by atoms with van der Waals surface area (Å²) in [6, 6.07) is 4.22. The van der Waals surface area contributed by atoms with Crippen molar-refractivity contribution in [1.82, 2.24) is 20.6 Å². The van der Waals surface area contributed by atoms with Crippen molar-refractivity contribution in [1.29, 1.82) is 0 Å². The number of nitrogen functional groups attached to an aromatic ring is 2. The van der Waals surface area contributed by atoms with Gasteiger partial charge >= 0.3 is 12.2 Å². The van der Waals surface area contributed by atoms with Gasteiger partial charge in [0, 0.05) is 24.5 Å². The number of carbonyl (C=O) groups is 2. The fourth-order valence-corrected chi connectivity index (χ4v) is 6.48. The SMILES string of the molecule is C[C@@H]1C[C@H](NC(=O)OC(C)(C)C)C[C@H](c2ccncc2N)C1.C[C@H]1C[C@@H](NC(=O)OC(C)(C)C)C[C@H](c2ccncc2N)C1. The first kappa shape index (κ1) is 34.9. The molecule has 2 aliphatic rings. The minimum atomic E-state index is -0.473. The molecule has 2 aliphatic carbocycles. The standard InChI is InChI=1S/2C17H27N3O2/c2*1-11-7-12(14-5-6-19-10-15(14)18)9-13(8-11)20-16(21)22-17(2,3)4/h2*5-6,10-13H,7-9,18H2,1-4H3,(H,20,21)/t11-,12+,13-;11-,12-,13-/m01/s1. The molecule has 0 radical (unpaired) electrons. The zero-order chi connectivity index (χ0) is 32.7. The molecule has 0 unspecified atom stereocenters. The number of nitrogens with two attached hydrogens (primary N) is 2. The number of anilines is 2. The first-order valence-corrected chi connectivity index (χ1v) is 15.9. The molecule has 0 spiro atoms. The molecule has 6 atom stereocenters. The minimum absolute atomic E-state index is 0.121. The molecule has 0 aromatic carbocycles. The molecule has 2 fully saturated rings. The highest BCUT2D eigenvalue weighted by Gasteiger charge is 2.32. The van der Waals surface area contributed by atoms with Crippen LogP contribution < -0.4 is 22.1 Å². The van der Waals surface area contributed by atoms with Crippen LogP contribution in [0.5, 0.6) is 0 Å². The van der Waals surface area contributed by atoms with E-state index in [0.29, 0.717) is 23.7 Å². The molecule has 6 N–H and O–H groups in total. The molecule has 44 heavy (non-hydrogen) atoms. The predicted octanol–water partition coefficient (Wildman–Crippen LogP) is 6.92. The zero-order valence-corrected chi connectivity index (χ0v) is 27.9. The summed E-state index contributed by atoms with van der Waals surface area (Å²) in [5, 5.41) is 6.01. The van der Waals surface area contributed by atoms with E-state index in [2.05, 4.69) is 34.4 Å². The lowest BCUT2D eigenvalue weighted by Crippen LogP contribution is -2.42. The second-order valence-corrected chi connectivity index (χ2v) is 14.7. The van der Waals surface area contributed by atoms with Gasteiger partial charge in [-0.3, -0.25) is 9.97 Å². The van der Waals surface area contributed by atoms with Crippen LogP contribution in [0, 0.1) is 11.8 Å². The zero-order valence-electron chi connectivity index (χ0n) is 27.9. The predicted molar refractivity (Wildman–Crippen MR) is 175 cm³/mol. The van der Waals surface area contributed by atoms with E-state index in [4.69, 9.17) is 20.9 Å². The van der Waals surface area contributed by atoms with Crippen molar-refractivity contribution in [2.24, 2.45) is 11.8 Å². The van der Waals surface area contributed by atoms with E-state index in [9.17, 15) is 9.59 Å². The van der Waals surface area contributed by atoms with Gasteiger partial charge in [-0.2, -0.15) is 0 Å². The first-order valence-electron chi connectivity index (χ1n) is 15.9. The molecule has 4 rings (SSSR count). The minimum Gasteiger partial charge on any atom is -0.444 e. The maximum atomic E-state index is 12.0. The van der Waals surface area contributed by atoms with E-state index in [1.807, 2.05) is 53.7 Å². The largest absolute Gasteiger partial charge is 0.444 e. The lowest BCUT2D eigenvalue weighted by Gasteiger charge is -2.34. The molecule has 0 saturated heterocycles. The average Bonchev–Trinajstić information content (AvgIpc) is 2.86. The summed E-state index contributed by atoms with van der Waals surface area (Å²) >= 11 is 0. The molecule has 2 saturated carbocycles. The molecule has 10 heteroatoms. The van der Waals surface area contributed by atoms with Crippen LogP contribution in [-0.2, 0) is 9.47 Å². The highest BCUT2D eigenvalue weighted by Crippen LogP contribution is 2.39. The number of hydrogen-bond donors (Lipinski definition) is 4. The van der Waals surface area contributed by atoms with Gasteiger partial charge in [0.25, 0.3) is 0 Å². The highest BCUT2D eigenvalue weighted by atomic mass is 16.6. The monoisotopic (exact) mass is 610 g/mol. The van der Waals surface area contributed by atoms with Crippen LogP contribution in [-0.4, -0.2) is 45.4 Å². The topological polar surface area (TPSA) is 154 Å². The fourth-order valence-electron chi connectivity index (χ4n) is 6.48. The van der Waals surface area contributed by atoms with E-state index >= 15 is 0 Å². The van der Waals surface area contributed by atoms with Crippen LogP contribution >= 0.6 is 0 Å². The quantitative estimate of drug-likeness (QED) is 0.291. The molecule has 0 bridgehead atoms. The first-order chi connectivity index (χ1) is 20.5. The number of amides is 2. The molecule has 2 heterocycles. The number of nitrogens with zero attached hydrogens (tertiary/aromatic N) is 2. The van der Waals surface area contributed by atoms with E-state index in [-0.39, 0.29) is 24.3 Å². The third-order valence-corrected chi connectivity index (χ3v) is 7.98. The van der Waals surface area contributed by atoms with Gasteiger partial charge in [-0.25, -0.2) is 9.59 Å². The highest BCUT2D eigenvalue weighted by molar-refractivity contribution is 5.68. The molecule has 2 aromatic rings. The van der Waals surface area contributed by atoms with Gasteiger partial charge in [-0.05, 0) is 127 Å². The molecule has 2 amide bonds. The Bertz CT molecular complexity index is 1150. The molecule has 2 aromatic heterocycles. The summed E-state index contributed by atoms with van der Waals surface area (Å²) in [5.41, 5.74) is 14.9. The van der Waals surface area contributed by atoms with Crippen LogP contribution in [0.15, 0.2) is 36.9 Å². The summed E-state index contributed by atoms with van der Waals surface area (Å²) in [4.78, 5) is 32.1. The maximum Gasteiger partial charge on any atom is 0.407 e. The van der Waals surface area contributed by atoms with Crippen molar-refractivity contribution in [3.63, 3.8) is 0 Å². The average molecular weight is 611 g/mol. The van der Waals surface area contributed by atoms with E-state index in [1.54, 1.807) is 24.8 Å². The van der Waals surface area contributed by atoms with E-state index in [0.717, 1.165) is 61.0 Å². The van der Waals surface area contributed by atoms with Gasteiger partial charge in [-0.1, -0.05) is 13.8 Å². The number of alkyl carbamates (subject to hydrolysis) is 2. The van der Waals surface area contributed by atoms with Crippen LogP contribution in [0.3, 0.4) is 0 Å². The molecule has 0 aliphatic heterocycles. The fraction of sp³-hybridized carbons (Fsp3) is 0.647. The van der Waals surface area contributed by atoms with Crippen molar-refractivity contribution in [3.05, 3.63) is 48.0 Å². The van der Waals surface area contributed by atoms with Gasteiger partial charge in [0.2, 0.25) is 0 Å². The van der Waals surface area contributed by atoms with E-state index in [1.165, 1.54) is 0 Å². The lowest BCUT2D eigenvalue weighted by molar-refractivity contribution is 0.0470. The number of pyridine rings is 2. The third-order valence-electron chi connectivity index (χ3n) is 7.98. The van der Waals surface area contributed by atoms with E-state index < -0.39 is 11.2 Å². The number of ether oxygens (including phenoxy) is 2. The Balaban J connectivity index is 0.000000240. The number of hydrogen-bond acceptors (Lipinski definition) is 8. The van der Waals surface area contributed by atoms with Crippen molar-refractivity contribution < 1.29 is 19.1 Å². The summed E-state index contributed by atoms with van der Waals surface area (Å²) < 4.78 is 10.7. The number of carbonyl (C=O) groups excluding carboxylic acids is 2. The Morgan fingerprint density at radius 1 is 0.682 bits per heavy atom. The van der Waals surface area contributed by atoms with Crippen molar-refractivity contribution in [2.75, 3.05) is 11.5 Å². The van der Waals surface area contributed by atoms with Gasteiger partial charge in [-0.15, -0.1) is 0 Å². The smallest absolute Gasteiger partial charge is 0.407 e. The molecule has 10 nitrogen and oxygen atoms in total. The summed E-state index contributed by atoms with van der Waals surface area (Å²) in [7, 11) is 0. The molecular weight excluding hydrogens is 556 g/mol. The summed E-state index contributed by atoms with van der Waals surface area (Å²) in [6.07, 6.45) is 12.2. The Hall–Kier alpha value is -3.56. The maximum absolute atomic E-state index is 12.0. The van der Waals surface area contributed by atoms with Gasteiger partial charge < -0.3 is 31.6 Å². The Kier molecular flexibility index (Phi) is 11.9. The normalized spacial score (nSPS) is 25.5. The van der Waals surface area contributed by atoms with Crippen LogP contribution in [0.4, 0.5) is 21.0 Å². The van der Waals surface area contributed by atoms with Gasteiger partial charge in [0.1, 0.15) is 11.2 Å². The van der Waals surface area contributed by atoms with Crippen molar-refractivity contribution >= 4 is 23.6 Å². The second kappa shape index (κ2) is 14.9. The van der Waals surface area contributed by atoms with Crippen molar-refractivity contribution in [3.8, 4) is 0 Å². The third kappa shape index (κ3) is 11.5.